The van der Waals surface area contributed by atoms with Crippen molar-refractivity contribution in [1.29, 1.82) is 0 Å². The number of methoxy groups -OCH3 is 1. The van der Waals surface area contributed by atoms with Gasteiger partial charge in [-0.25, -0.2) is 0 Å². The minimum atomic E-state index is -1.14. The lowest BCUT2D eigenvalue weighted by Crippen LogP contribution is -2.43. The maximum absolute atomic E-state index is 13.8. The molecular weight excluding hydrogens is 488 g/mol. The highest BCUT2D eigenvalue weighted by Gasteiger charge is 2.50. The molecule has 0 heterocycles. The summed E-state index contributed by atoms with van der Waals surface area (Å²) in [7, 11) is 5.51. The number of allylic oxidation sites excluding steroid dienone is 3. The topological polar surface area (TPSA) is 150 Å². The normalized spacial score (nSPS) is 22.8. The predicted octanol–water partition coefficient (Wildman–Crippen LogP) is 3.20. The highest BCUT2D eigenvalue weighted by molar-refractivity contribution is 6.22. The second-order valence-corrected chi connectivity index (χ2v) is 10.5. The summed E-state index contributed by atoms with van der Waals surface area (Å²) in [6, 6.07) is 9.06. The summed E-state index contributed by atoms with van der Waals surface area (Å²) in [5, 5.41) is 32.3. The Hall–Kier alpha value is -4.11. The molecule has 9 heteroatoms. The van der Waals surface area contributed by atoms with Crippen molar-refractivity contribution in [2.45, 2.75) is 25.8 Å². The fraction of sp³-hybridized carbons (Fsp3) is 0.345. The van der Waals surface area contributed by atoms with Gasteiger partial charge in [-0.3, -0.25) is 14.4 Å². The van der Waals surface area contributed by atoms with Crippen LogP contribution in [0, 0.1) is 17.8 Å². The number of carbonyl (C=O) groups is 3. The van der Waals surface area contributed by atoms with E-state index in [1.807, 2.05) is 37.2 Å². The molecule has 0 saturated carbocycles. The monoisotopic (exact) mass is 518 g/mol. The third-order valence-electron chi connectivity index (χ3n) is 7.82. The van der Waals surface area contributed by atoms with E-state index in [4.69, 9.17) is 10.5 Å². The number of benzene rings is 2. The lowest BCUT2D eigenvalue weighted by molar-refractivity contribution is -0.126. The number of Topliss-reactive ketones (excluding diaryl/α,β-unsaturated/α-hetero) is 2. The highest BCUT2D eigenvalue weighted by atomic mass is 16.5. The van der Waals surface area contributed by atoms with Crippen molar-refractivity contribution in [3.05, 3.63) is 69.7 Å². The molecule has 3 unspecified atom stereocenters. The number of fused-ring (bicyclic) bond motifs is 3. The van der Waals surface area contributed by atoms with Crippen LogP contribution in [0.2, 0.25) is 0 Å². The first kappa shape index (κ1) is 25.5. The van der Waals surface area contributed by atoms with E-state index in [1.54, 1.807) is 13.2 Å². The highest BCUT2D eigenvalue weighted by Crippen LogP contribution is 2.51. The summed E-state index contributed by atoms with van der Waals surface area (Å²) in [6.45, 7) is 0.695. The van der Waals surface area contributed by atoms with Crippen molar-refractivity contribution >= 4 is 17.5 Å². The first-order chi connectivity index (χ1) is 18.0. The molecule has 3 aliphatic carbocycles. The third kappa shape index (κ3) is 3.94. The number of nitrogens with zero attached hydrogens (tertiary/aromatic N) is 1. The number of ketones is 2. The van der Waals surface area contributed by atoms with Gasteiger partial charge in [0.1, 0.15) is 28.6 Å². The largest absolute Gasteiger partial charge is 0.511 e. The van der Waals surface area contributed by atoms with Crippen LogP contribution in [0.3, 0.4) is 0 Å². The van der Waals surface area contributed by atoms with Crippen molar-refractivity contribution in [1.82, 2.24) is 4.90 Å². The molecule has 0 aliphatic heterocycles. The van der Waals surface area contributed by atoms with Gasteiger partial charge in [0.25, 0.3) is 5.91 Å². The third-order valence-corrected chi connectivity index (χ3v) is 7.82. The number of phenolic OH excluding ortho intramolecular Hbond substituents is 1. The van der Waals surface area contributed by atoms with Crippen LogP contribution in [0.1, 0.15) is 34.3 Å². The van der Waals surface area contributed by atoms with Crippen LogP contribution >= 0.6 is 0 Å². The number of hydrogen-bond acceptors (Lipinski definition) is 8. The number of phenols is 1. The molecule has 3 aliphatic rings. The van der Waals surface area contributed by atoms with Crippen molar-refractivity contribution in [3.63, 3.8) is 0 Å². The predicted molar refractivity (Wildman–Crippen MR) is 139 cm³/mol. The second-order valence-electron chi connectivity index (χ2n) is 10.5. The summed E-state index contributed by atoms with van der Waals surface area (Å²) < 4.78 is 5.64. The van der Waals surface area contributed by atoms with Gasteiger partial charge in [0.05, 0.1) is 18.6 Å². The molecule has 0 aromatic heterocycles. The van der Waals surface area contributed by atoms with Gasteiger partial charge in [0.2, 0.25) is 0 Å². The SMILES string of the molecule is COc1ccc(CN(C)C)cc1-c1ccc(O)c2c1CC1CC3CC(O)=C(C(N)=O)C(=O)C3C(O)=C1C2=O. The Morgan fingerprint density at radius 1 is 1.08 bits per heavy atom. The number of nitrogens with two attached hydrogens (primary N) is 1. The van der Waals surface area contributed by atoms with Crippen LogP contribution in [0.15, 0.2) is 53.0 Å². The Labute approximate surface area is 219 Å². The van der Waals surface area contributed by atoms with E-state index >= 15 is 0 Å². The smallest absolute Gasteiger partial charge is 0.255 e. The molecule has 0 fully saturated rings. The first-order valence-corrected chi connectivity index (χ1v) is 12.4. The lowest BCUT2D eigenvalue weighted by Gasteiger charge is -2.41. The van der Waals surface area contributed by atoms with Crippen LogP contribution < -0.4 is 10.5 Å². The standard InChI is InChI=1S/C29H30N2O7/c1-31(2)12-13-4-7-21(38-3)17(8-13)16-5-6-19(32)24-18(16)10-14-9-15-11-20(33)25(29(30)37)28(36)23(15)26(34)22(14)27(24)35/h4-8,14-15,23,32-34H,9-12H2,1-3H3,(H2,30,37). The number of aliphatic hydroxyl groups excluding tert-OH is 2. The molecule has 5 N–H and O–H groups in total. The number of hydrogen-bond donors (Lipinski definition) is 4. The van der Waals surface area contributed by atoms with Crippen LogP contribution in [0.25, 0.3) is 11.1 Å². The Morgan fingerprint density at radius 3 is 2.47 bits per heavy atom. The number of carbonyl (C=O) groups excluding carboxylic acids is 3. The summed E-state index contributed by atoms with van der Waals surface area (Å²) in [6.07, 6.45) is 0.663. The average molecular weight is 519 g/mol. The number of ether oxygens (including phenoxy) is 1. The van der Waals surface area contributed by atoms with Crippen molar-refractivity contribution in [3.8, 4) is 22.6 Å². The first-order valence-electron chi connectivity index (χ1n) is 12.4. The van der Waals surface area contributed by atoms with E-state index in [0.717, 1.165) is 16.7 Å². The molecule has 2 aromatic rings. The minimum Gasteiger partial charge on any atom is -0.511 e. The van der Waals surface area contributed by atoms with Crippen molar-refractivity contribution < 1.29 is 34.4 Å². The molecule has 38 heavy (non-hydrogen) atoms. The fourth-order valence-electron chi connectivity index (χ4n) is 6.32. The summed E-state index contributed by atoms with van der Waals surface area (Å²) >= 11 is 0. The molecule has 0 bridgehead atoms. The van der Waals surface area contributed by atoms with Crippen molar-refractivity contribution in [2.24, 2.45) is 23.5 Å². The van der Waals surface area contributed by atoms with Gasteiger partial charge in [-0.05, 0) is 73.7 Å². The van der Waals surface area contributed by atoms with Gasteiger partial charge >= 0.3 is 0 Å². The van der Waals surface area contributed by atoms with E-state index in [2.05, 4.69) is 0 Å². The summed E-state index contributed by atoms with van der Waals surface area (Å²) in [5.74, 6) is -4.88. The van der Waals surface area contributed by atoms with Gasteiger partial charge < -0.3 is 30.7 Å². The van der Waals surface area contributed by atoms with Gasteiger partial charge in [0, 0.05) is 24.1 Å². The molecule has 5 rings (SSSR count). The van der Waals surface area contributed by atoms with E-state index in [-0.39, 0.29) is 29.1 Å². The van der Waals surface area contributed by atoms with Gasteiger partial charge in [-0.1, -0.05) is 12.1 Å². The summed E-state index contributed by atoms with van der Waals surface area (Å²) in [5.41, 5.74) is 8.11. The van der Waals surface area contributed by atoms with Crippen LogP contribution in [0.5, 0.6) is 11.5 Å². The number of amides is 1. The second kappa shape index (κ2) is 9.33. The average Bonchev–Trinajstić information content (AvgIpc) is 2.83. The fourth-order valence-corrected chi connectivity index (χ4v) is 6.32. The number of aliphatic hydroxyl groups is 2. The van der Waals surface area contributed by atoms with Gasteiger partial charge in [-0.15, -0.1) is 0 Å². The van der Waals surface area contributed by atoms with Crippen LogP contribution in [0.4, 0.5) is 0 Å². The van der Waals surface area contributed by atoms with Crippen LogP contribution in [-0.4, -0.2) is 58.9 Å². The molecule has 1 amide bonds. The minimum absolute atomic E-state index is 0.00311. The van der Waals surface area contributed by atoms with E-state index < -0.39 is 46.6 Å². The molecule has 0 radical (unpaired) electrons. The number of rotatable bonds is 5. The Kier molecular flexibility index (Phi) is 6.27. The van der Waals surface area contributed by atoms with Gasteiger partial charge in [-0.2, -0.15) is 0 Å². The zero-order valence-corrected chi connectivity index (χ0v) is 21.4. The Balaban J connectivity index is 1.65. The van der Waals surface area contributed by atoms with Crippen LogP contribution in [-0.2, 0) is 22.6 Å². The Bertz CT molecular complexity index is 1450. The van der Waals surface area contributed by atoms with E-state index in [9.17, 15) is 29.7 Å². The zero-order valence-electron chi connectivity index (χ0n) is 21.4. The quantitative estimate of drug-likeness (QED) is 0.441. The van der Waals surface area contributed by atoms with E-state index in [0.29, 0.717) is 30.7 Å². The Morgan fingerprint density at radius 2 is 1.82 bits per heavy atom. The molecule has 0 saturated heterocycles. The number of primary amides is 1. The zero-order chi connectivity index (χ0) is 27.5. The number of aromatic hydroxyl groups is 1. The molecular formula is C29H30N2O7. The summed E-state index contributed by atoms with van der Waals surface area (Å²) in [4.78, 5) is 40.7. The van der Waals surface area contributed by atoms with Gasteiger partial charge in [0.15, 0.2) is 11.6 Å². The van der Waals surface area contributed by atoms with E-state index in [1.165, 1.54) is 6.07 Å². The molecule has 2 aromatic carbocycles. The lowest BCUT2D eigenvalue weighted by atomic mass is 9.62. The molecule has 0 spiro atoms. The maximum Gasteiger partial charge on any atom is 0.255 e. The molecule has 3 atom stereocenters. The maximum atomic E-state index is 13.8. The molecule has 198 valence electrons. The molecule has 9 nitrogen and oxygen atoms in total. The van der Waals surface area contributed by atoms with Crippen molar-refractivity contribution in [2.75, 3.05) is 21.2 Å².